The second-order valence-electron chi connectivity index (χ2n) is 6.84. The van der Waals surface area contributed by atoms with E-state index >= 15 is 0 Å². The SMILES string of the molecule is CCS(=O)(=O)N1CCc2cc(C(=O)COC(=O)/C=C/c3ccc(C)cc3)ccc21. The lowest BCUT2D eigenvalue weighted by molar-refractivity contribution is -0.136. The smallest absolute Gasteiger partial charge is 0.331 e. The lowest BCUT2D eigenvalue weighted by Gasteiger charge is -2.18. The molecule has 0 amide bonds. The second kappa shape index (κ2) is 8.61. The fraction of sp³-hybridized carbons (Fsp3) is 0.273. The first-order valence-electron chi connectivity index (χ1n) is 9.38. The highest BCUT2D eigenvalue weighted by atomic mass is 32.2. The van der Waals surface area contributed by atoms with E-state index in [1.807, 2.05) is 31.2 Å². The van der Waals surface area contributed by atoms with Crippen LogP contribution in [0.2, 0.25) is 0 Å². The van der Waals surface area contributed by atoms with Gasteiger partial charge < -0.3 is 4.74 Å². The third-order valence-corrected chi connectivity index (χ3v) is 6.57. The van der Waals surface area contributed by atoms with Crippen LogP contribution in [0.4, 0.5) is 5.69 Å². The van der Waals surface area contributed by atoms with Crippen LogP contribution in [0.1, 0.15) is 34.0 Å². The summed E-state index contributed by atoms with van der Waals surface area (Å²) in [7, 11) is -3.33. The molecular weight excluding hydrogens is 390 g/mol. The number of carbonyl (C=O) groups is 2. The number of esters is 1. The molecule has 7 heteroatoms. The third-order valence-electron chi connectivity index (χ3n) is 4.79. The lowest BCUT2D eigenvalue weighted by atomic mass is 10.1. The standard InChI is InChI=1S/C22H23NO5S/c1-3-29(26,27)23-13-12-18-14-19(9-10-20(18)23)21(24)15-28-22(25)11-8-17-6-4-16(2)5-7-17/h4-11,14H,3,12-13,15H2,1-2H3/b11-8+. The summed E-state index contributed by atoms with van der Waals surface area (Å²) in [5.74, 6) is -0.902. The Kier molecular flexibility index (Phi) is 6.17. The van der Waals surface area contributed by atoms with Gasteiger partial charge in [0, 0.05) is 18.2 Å². The van der Waals surface area contributed by atoms with Crippen LogP contribution in [0.15, 0.2) is 48.5 Å². The lowest BCUT2D eigenvalue weighted by Crippen LogP contribution is -2.30. The minimum Gasteiger partial charge on any atom is -0.454 e. The Labute approximate surface area is 170 Å². The summed E-state index contributed by atoms with van der Waals surface area (Å²) in [6, 6.07) is 12.5. The Morgan fingerprint density at radius 3 is 2.55 bits per heavy atom. The van der Waals surface area contributed by atoms with Crippen molar-refractivity contribution in [1.82, 2.24) is 0 Å². The predicted molar refractivity (Wildman–Crippen MR) is 112 cm³/mol. The first kappa shape index (κ1) is 20.8. The predicted octanol–water partition coefficient (Wildman–Crippen LogP) is 3.15. The molecule has 0 aliphatic carbocycles. The van der Waals surface area contributed by atoms with Crippen LogP contribution in [0.25, 0.3) is 6.08 Å². The van der Waals surface area contributed by atoms with Crippen LogP contribution in [0.5, 0.6) is 0 Å². The van der Waals surface area contributed by atoms with Crippen molar-refractivity contribution in [2.75, 3.05) is 23.2 Å². The molecular formula is C22H23NO5S. The summed E-state index contributed by atoms with van der Waals surface area (Å²) in [4.78, 5) is 24.2. The van der Waals surface area contributed by atoms with Gasteiger partial charge in [-0.2, -0.15) is 0 Å². The van der Waals surface area contributed by atoms with Crippen molar-refractivity contribution >= 4 is 33.5 Å². The van der Waals surface area contributed by atoms with E-state index in [4.69, 9.17) is 4.74 Å². The van der Waals surface area contributed by atoms with Crippen molar-refractivity contribution in [1.29, 1.82) is 0 Å². The summed E-state index contributed by atoms with van der Waals surface area (Å²) in [5.41, 5.74) is 3.80. The van der Waals surface area contributed by atoms with E-state index in [9.17, 15) is 18.0 Å². The largest absolute Gasteiger partial charge is 0.454 e. The number of ether oxygens (including phenoxy) is 1. The van der Waals surface area contributed by atoms with E-state index in [1.54, 1.807) is 31.2 Å². The van der Waals surface area contributed by atoms with Crippen molar-refractivity contribution in [3.8, 4) is 0 Å². The minimum absolute atomic E-state index is 0.0270. The van der Waals surface area contributed by atoms with Gasteiger partial charge in [-0.25, -0.2) is 13.2 Å². The van der Waals surface area contributed by atoms with E-state index < -0.39 is 16.0 Å². The Balaban J connectivity index is 1.60. The maximum Gasteiger partial charge on any atom is 0.331 e. The molecule has 0 spiro atoms. The highest BCUT2D eigenvalue weighted by molar-refractivity contribution is 7.92. The fourth-order valence-electron chi connectivity index (χ4n) is 3.10. The summed E-state index contributed by atoms with van der Waals surface area (Å²) >= 11 is 0. The van der Waals surface area contributed by atoms with Crippen LogP contribution in [-0.2, 0) is 26.0 Å². The number of sulfonamides is 1. The van der Waals surface area contributed by atoms with Gasteiger partial charge in [0.1, 0.15) is 0 Å². The molecule has 0 bridgehead atoms. The number of anilines is 1. The molecule has 6 nitrogen and oxygen atoms in total. The Bertz CT molecular complexity index is 1060. The molecule has 0 saturated heterocycles. The topological polar surface area (TPSA) is 80.8 Å². The highest BCUT2D eigenvalue weighted by Crippen LogP contribution is 2.31. The Morgan fingerprint density at radius 1 is 1.14 bits per heavy atom. The Morgan fingerprint density at radius 2 is 1.86 bits per heavy atom. The minimum atomic E-state index is -3.33. The quantitative estimate of drug-likeness (QED) is 0.396. The zero-order valence-corrected chi connectivity index (χ0v) is 17.2. The van der Waals surface area contributed by atoms with E-state index in [-0.39, 0.29) is 18.1 Å². The van der Waals surface area contributed by atoms with Crippen molar-refractivity contribution in [2.24, 2.45) is 0 Å². The molecule has 1 aliphatic rings. The second-order valence-corrected chi connectivity index (χ2v) is 9.02. The van der Waals surface area contributed by atoms with Crippen LogP contribution in [0, 0.1) is 6.92 Å². The molecule has 3 rings (SSSR count). The number of ketones is 1. The molecule has 1 aliphatic heterocycles. The zero-order chi connectivity index (χ0) is 21.0. The number of hydrogen-bond donors (Lipinski definition) is 0. The molecule has 0 fully saturated rings. The van der Waals surface area contributed by atoms with Crippen LogP contribution < -0.4 is 4.31 Å². The molecule has 0 unspecified atom stereocenters. The number of nitrogens with zero attached hydrogens (tertiary/aromatic N) is 1. The maximum absolute atomic E-state index is 12.4. The molecule has 0 N–H and O–H groups in total. The fourth-order valence-corrected chi connectivity index (χ4v) is 4.26. The van der Waals surface area contributed by atoms with Gasteiger partial charge in [-0.3, -0.25) is 9.10 Å². The van der Waals surface area contributed by atoms with E-state index in [0.29, 0.717) is 24.2 Å². The monoisotopic (exact) mass is 413 g/mol. The number of rotatable bonds is 7. The van der Waals surface area contributed by atoms with Gasteiger partial charge in [0.05, 0.1) is 11.4 Å². The summed E-state index contributed by atoms with van der Waals surface area (Å²) in [6.07, 6.45) is 3.47. The molecule has 0 aromatic heterocycles. The van der Waals surface area contributed by atoms with Gasteiger partial charge in [-0.15, -0.1) is 0 Å². The maximum atomic E-state index is 12.4. The van der Waals surface area contributed by atoms with Gasteiger partial charge in [0.2, 0.25) is 10.0 Å². The number of Topliss-reactive ketones (excluding diaryl/α,β-unsaturated/α-hetero) is 1. The average Bonchev–Trinajstić information content (AvgIpc) is 3.15. The molecule has 0 saturated carbocycles. The number of benzene rings is 2. The van der Waals surface area contributed by atoms with Crippen molar-refractivity contribution < 1.29 is 22.7 Å². The number of hydrogen-bond acceptors (Lipinski definition) is 5. The van der Waals surface area contributed by atoms with Crippen LogP contribution in [0.3, 0.4) is 0 Å². The first-order chi connectivity index (χ1) is 13.8. The molecule has 2 aromatic carbocycles. The van der Waals surface area contributed by atoms with Gasteiger partial charge in [0.25, 0.3) is 0 Å². The summed E-state index contributed by atoms with van der Waals surface area (Å²) < 4.78 is 30.7. The van der Waals surface area contributed by atoms with Crippen LogP contribution in [-0.4, -0.2) is 39.1 Å². The molecule has 0 radical (unpaired) electrons. The van der Waals surface area contributed by atoms with E-state index in [2.05, 4.69) is 0 Å². The van der Waals surface area contributed by atoms with Crippen LogP contribution >= 0.6 is 0 Å². The normalized spacial score (nSPS) is 13.5. The molecule has 152 valence electrons. The molecule has 29 heavy (non-hydrogen) atoms. The number of fused-ring (bicyclic) bond motifs is 1. The molecule has 0 atom stereocenters. The van der Waals surface area contributed by atoms with Gasteiger partial charge in [0.15, 0.2) is 12.4 Å². The van der Waals surface area contributed by atoms with Gasteiger partial charge >= 0.3 is 5.97 Å². The third kappa shape index (κ3) is 4.92. The van der Waals surface area contributed by atoms with E-state index in [0.717, 1.165) is 16.7 Å². The molecule has 2 aromatic rings. The number of aryl methyl sites for hydroxylation is 1. The Hall–Kier alpha value is -2.93. The van der Waals surface area contributed by atoms with Gasteiger partial charge in [-0.1, -0.05) is 29.8 Å². The van der Waals surface area contributed by atoms with Crippen molar-refractivity contribution in [3.05, 3.63) is 70.8 Å². The highest BCUT2D eigenvalue weighted by Gasteiger charge is 2.28. The molecule has 1 heterocycles. The summed E-state index contributed by atoms with van der Waals surface area (Å²) in [5, 5.41) is 0. The van der Waals surface area contributed by atoms with Gasteiger partial charge in [-0.05, 0) is 55.7 Å². The van der Waals surface area contributed by atoms with Crippen molar-refractivity contribution in [3.63, 3.8) is 0 Å². The first-order valence-corrected chi connectivity index (χ1v) is 11.0. The number of carbonyl (C=O) groups excluding carboxylic acids is 2. The summed E-state index contributed by atoms with van der Waals surface area (Å²) in [6.45, 7) is 3.59. The van der Waals surface area contributed by atoms with E-state index in [1.165, 1.54) is 10.4 Å². The van der Waals surface area contributed by atoms with Crippen molar-refractivity contribution in [2.45, 2.75) is 20.3 Å². The average molecular weight is 413 g/mol. The zero-order valence-electron chi connectivity index (χ0n) is 16.4.